The molecule has 20 heavy (non-hydrogen) atoms. The van der Waals surface area contributed by atoms with Crippen LogP contribution in [0.5, 0.6) is 0 Å². The molecule has 0 aliphatic carbocycles. The number of anilines is 3. The van der Waals surface area contributed by atoms with Crippen molar-refractivity contribution < 1.29 is 0 Å². The van der Waals surface area contributed by atoms with E-state index in [1.165, 1.54) is 5.56 Å². The second-order valence-corrected chi connectivity index (χ2v) is 5.90. The molecule has 0 radical (unpaired) electrons. The lowest BCUT2D eigenvalue weighted by Gasteiger charge is -2.19. The summed E-state index contributed by atoms with van der Waals surface area (Å²) in [6, 6.07) is 8.47. The van der Waals surface area contributed by atoms with Crippen molar-refractivity contribution >= 4 is 17.3 Å². The van der Waals surface area contributed by atoms with Crippen molar-refractivity contribution in [2.45, 2.75) is 33.1 Å². The van der Waals surface area contributed by atoms with Crippen LogP contribution in [0.2, 0.25) is 0 Å². The van der Waals surface area contributed by atoms with Gasteiger partial charge in [0.25, 0.3) is 0 Å². The summed E-state index contributed by atoms with van der Waals surface area (Å²) < 4.78 is 0. The van der Waals surface area contributed by atoms with Crippen molar-refractivity contribution in [3.05, 3.63) is 41.7 Å². The second-order valence-electron chi connectivity index (χ2n) is 5.90. The Balaban J connectivity index is 2.23. The molecule has 1 aromatic heterocycles. The van der Waals surface area contributed by atoms with Gasteiger partial charge in [0.2, 0.25) is 0 Å². The van der Waals surface area contributed by atoms with E-state index in [1.54, 1.807) is 6.33 Å². The lowest BCUT2D eigenvalue weighted by Crippen LogP contribution is -2.10. The maximum Gasteiger partial charge on any atom is 0.138 e. The van der Waals surface area contributed by atoms with Gasteiger partial charge in [0.15, 0.2) is 0 Å². The van der Waals surface area contributed by atoms with Gasteiger partial charge in [-0.15, -0.1) is 0 Å². The third kappa shape index (κ3) is 3.07. The lowest BCUT2D eigenvalue weighted by molar-refractivity contribution is 0.590. The molecular weight excluding hydrogens is 248 g/mol. The molecule has 1 heterocycles. The summed E-state index contributed by atoms with van der Waals surface area (Å²) in [7, 11) is 1.86. The SMILES string of the molecule is CNc1ncnc(Nc2ccc(C(C)(C)C)cc2)c1C. The molecule has 2 N–H and O–H groups in total. The number of benzene rings is 1. The first-order valence-electron chi connectivity index (χ1n) is 6.78. The first kappa shape index (κ1) is 14.3. The fourth-order valence-electron chi connectivity index (χ4n) is 2.02. The van der Waals surface area contributed by atoms with Gasteiger partial charge in [-0.05, 0) is 30.0 Å². The van der Waals surface area contributed by atoms with Gasteiger partial charge in [0, 0.05) is 18.3 Å². The molecule has 0 bridgehead atoms. The van der Waals surface area contributed by atoms with Crippen molar-refractivity contribution in [2.24, 2.45) is 0 Å². The third-order valence-corrected chi connectivity index (χ3v) is 3.33. The monoisotopic (exact) mass is 270 g/mol. The number of hydrogen-bond acceptors (Lipinski definition) is 4. The summed E-state index contributed by atoms with van der Waals surface area (Å²) in [6.45, 7) is 8.63. The zero-order valence-corrected chi connectivity index (χ0v) is 12.8. The van der Waals surface area contributed by atoms with E-state index in [9.17, 15) is 0 Å². The van der Waals surface area contributed by atoms with E-state index in [0.29, 0.717) is 0 Å². The molecule has 0 amide bonds. The third-order valence-electron chi connectivity index (χ3n) is 3.33. The molecule has 0 saturated heterocycles. The number of nitrogens with zero attached hydrogens (tertiary/aromatic N) is 2. The Kier molecular flexibility index (Phi) is 3.93. The van der Waals surface area contributed by atoms with Gasteiger partial charge in [0.1, 0.15) is 18.0 Å². The molecule has 2 aromatic rings. The summed E-state index contributed by atoms with van der Waals surface area (Å²) in [6.07, 6.45) is 1.56. The quantitative estimate of drug-likeness (QED) is 0.889. The molecule has 4 nitrogen and oxygen atoms in total. The minimum Gasteiger partial charge on any atom is -0.373 e. The van der Waals surface area contributed by atoms with Crippen molar-refractivity contribution in [3.8, 4) is 0 Å². The maximum atomic E-state index is 4.29. The van der Waals surface area contributed by atoms with Crippen molar-refractivity contribution in [1.29, 1.82) is 0 Å². The van der Waals surface area contributed by atoms with E-state index in [-0.39, 0.29) is 5.41 Å². The maximum absolute atomic E-state index is 4.29. The highest BCUT2D eigenvalue weighted by molar-refractivity contribution is 5.64. The van der Waals surface area contributed by atoms with Crippen LogP contribution in [-0.4, -0.2) is 17.0 Å². The number of hydrogen-bond donors (Lipinski definition) is 2. The molecule has 1 aromatic carbocycles. The fraction of sp³-hybridized carbons (Fsp3) is 0.375. The largest absolute Gasteiger partial charge is 0.373 e. The zero-order valence-electron chi connectivity index (χ0n) is 12.8. The number of nitrogens with one attached hydrogen (secondary N) is 2. The van der Waals surface area contributed by atoms with E-state index < -0.39 is 0 Å². The molecule has 0 aliphatic rings. The van der Waals surface area contributed by atoms with Crippen molar-refractivity contribution in [1.82, 2.24) is 9.97 Å². The summed E-state index contributed by atoms with van der Waals surface area (Å²) in [4.78, 5) is 8.47. The van der Waals surface area contributed by atoms with Crippen LogP contribution in [0.1, 0.15) is 31.9 Å². The van der Waals surface area contributed by atoms with Crippen LogP contribution in [0.15, 0.2) is 30.6 Å². The Morgan fingerprint density at radius 3 is 2.10 bits per heavy atom. The Hall–Kier alpha value is -2.10. The zero-order chi connectivity index (χ0) is 14.8. The number of aromatic nitrogens is 2. The summed E-state index contributed by atoms with van der Waals surface area (Å²) in [5.41, 5.74) is 3.53. The first-order chi connectivity index (χ1) is 9.41. The van der Waals surface area contributed by atoms with Crippen LogP contribution in [0.3, 0.4) is 0 Å². The van der Waals surface area contributed by atoms with Crippen LogP contribution in [-0.2, 0) is 5.41 Å². The van der Waals surface area contributed by atoms with Gasteiger partial charge in [-0.3, -0.25) is 0 Å². The standard InChI is InChI=1S/C16H22N4/c1-11-14(17-5)18-10-19-15(11)20-13-8-6-12(7-9-13)16(2,3)4/h6-10H,1-5H3,(H2,17,18,19,20). The minimum atomic E-state index is 0.169. The Morgan fingerprint density at radius 1 is 0.950 bits per heavy atom. The van der Waals surface area contributed by atoms with E-state index in [4.69, 9.17) is 0 Å². The predicted molar refractivity (Wildman–Crippen MR) is 84.7 cm³/mol. The Bertz CT molecular complexity index is 582. The molecule has 0 saturated carbocycles. The van der Waals surface area contributed by atoms with Gasteiger partial charge < -0.3 is 10.6 Å². The molecule has 0 fully saturated rings. The molecule has 0 spiro atoms. The van der Waals surface area contributed by atoms with Crippen LogP contribution >= 0.6 is 0 Å². The molecule has 0 unspecified atom stereocenters. The summed E-state index contributed by atoms with van der Waals surface area (Å²) in [5.74, 6) is 1.67. The van der Waals surface area contributed by atoms with Gasteiger partial charge in [-0.1, -0.05) is 32.9 Å². The Labute approximate surface area is 120 Å². The van der Waals surface area contributed by atoms with E-state index in [0.717, 1.165) is 22.9 Å². The molecule has 0 atom stereocenters. The molecule has 2 rings (SSSR count). The highest BCUT2D eigenvalue weighted by atomic mass is 15.1. The van der Waals surface area contributed by atoms with Crippen molar-refractivity contribution in [2.75, 3.05) is 17.7 Å². The lowest BCUT2D eigenvalue weighted by atomic mass is 9.87. The minimum absolute atomic E-state index is 0.169. The molecular formula is C16H22N4. The average Bonchev–Trinajstić information content (AvgIpc) is 2.41. The van der Waals surface area contributed by atoms with Gasteiger partial charge >= 0.3 is 0 Å². The smallest absolute Gasteiger partial charge is 0.138 e. The van der Waals surface area contributed by atoms with Gasteiger partial charge in [-0.25, -0.2) is 9.97 Å². The summed E-state index contributed by atoms with van der Waals surface area (Å²) in [5, 5.41) is 6.39. The topological polar surface area (TPSA) is 49.8 Å². The highest BCUT2D eigenvalue weighted by Gasteiger charge is 2.13. The normalized spacial score (nSPS) is 11.2. The van der Waals surface area contributed by atoms with E-state index in [2.05, 4.69) is 65.6 Å². The Morgan fingerprint density at radius 2 is 1.55 bits per heavy atom. The van der Waals surface area contributed by atoms with Crippen LogP contribution < -0.4 is 10.6 Å². The van der Waals surface area contributed by atoms with E-state index in [1.807, 2.05) is 14.0 Å². The highest BCUT2D eigenvalue weighted by Crippen LogP contribution is 2.26. The van der Waals surface area contributed by atoms with Crippen molar-refractivity contribution in [3.63, 3.8) is 0 Å². The van der Waals surface area contributed by atoms with Crippen LogP contribution in [0, 0.1) is 6.92 Å². The second kappa shape index (κ2) is 5.49. The number of rotatable bonds is 3. The fourth-order valence-corrected chi connectivity index (χ4v) is 2.02. The predicted octanol–water partition coefficient (Wildman–Crippen LogP) is 3.87. The average molecular weight is 270 g/mol. The first-order valence-corrected chi connectivity index (χ1v) is 6.78. The van der Waals surface area contributed by atoms with Gasteiger partial charge in [-0.2, -0.15) is 0 Å². The van der Waals surface area contributed by atoms with Crippen LogP contribution in [0.4, 0.5) is 17.3 Å². The van der Waals surface area contributed by atoms with E-state index >= 15 is 0 Å². The molecule has 4 heteroatoms. The summed E-state index contributed by atoms with van der Waals surface area (Å²) >= 11 is 0. The van der Waals surface area contributed by atoms with Crippen LogP contribution in [0.25, 0.3) is 0 Å². The molecule has 0 aliphatic heterocycles. The van der Waals surface area contributed by atoms with Gasteiger partial charge in [0.05, 0.1) is 0 Å². The molecule has 106 valence electrons.